The van der Waals surface area contributed by atoms with Crippen LogP contribution in [0.15, 0.2) is 30.6 Å². The maximum absolute atomic E-state index is 11.9. The zero-order valence-corrected chi connectivity index (χ0v) is 11.3. The van der Waals surface area contributed by atoms with E-state index in [1.807, 2.05) is 0 Å². The van der Waals surface area contributed by atoms with Crippen molar-refractivity contribution >= 4 is 11.7 Å². The number of esters is 1. The summed E-state index contributed by atoms with van der Waals surface area (Å²) in [6, 6.07) is 3.91. The summed E-state index contributed by atoms with van der Waals surface area (Å²) in [4.78, 5) is 30.0. The van der Waals surface area contributed by atoms with Gasteiger partial charge in [-0.25, -0.2) is 9.78 Å². The van der Waals surface area contributed by atoms with Gasteiger partial charge in [0.1, 0.15) is 5.75 Å². The largest absolute Gasteiger partial charge is 0.496 e. The third kappa shape index (κ3) is 3.30. The molecule has 0 saturated carbocycles. The summed E-state index contributed by atoms with van der Waals surface area (Å²) in [5, 5.41) is 11.0. The summed E-state index contributed by atoms with van der Waals surface area (Å²) in [5.74, 6) is -0.722. The number of nitrogens with zero attached hydrogens (tertiary/aromatic N) is 3. The first-order chi connectivity index (χ1) is 10.0. The van der Waals surface area contributed by atoms with E-state index < -0.39 is 10.9 Å². The van der Waals surface area contributed by atoms with E-state index in [4.69, 9.17) is 9.47 Å². The van der Waals surface area contributed by atoms with Gasteiger partial charge in [-0.1, -0.05) is 0 Å². The molecule has 0 bridgehead atoms. The van der Waals surface area contributed by atoms with Crippen molar-refractivity contribution in [3.05, 3.63) is 52.1 Å². The Kier molecular flexibility index (Phi) is 4.07. The molecule has 0 amide bonds. The Hall–Kier alpha value is -3.03. The SMILES string of the molecule is COc1ccc(OC(=O)c2cnc(C)cn2)c([N+](=O)[O-])c1. The number of rotatable bonds is 4. The Labute approximate surface area is 119 Å². The molecule has 0 spiro atoms. The molecule has 0 saturated heterocycles. The van der Waals surface area contributed by atoms with Crippen molar-refractivity contribution in [3.63, 3.8) is 0 Å². The molecule has 0 aliphatic rings. The zero-order valence-electron chi connectivity index (χ0n) is 11.3. The highest BCUT2D eigenvalue weighted by atomic mass is 16.6. The van der Waals surface area contributed by atoms with Gasteiger partial charge in [-0.15, -0.1) is 0 Å². The summed E-state index contributed by atoms with van der Waals surface area (Å²) in [5.41, 5.74) is 0.232. The number of carbonyl (C=O) groups is 1. The van der Waals surface area contributed by atoms with E-state index in [1.54, 1.807) is 6.92 Å². The molecule has 0 N–H and O–H groups in total. The highest BCUT2D eigenvalue weighted by Crippen LogP contribution is 2.31. The van der Waals surface area contributed by atoms with Crippen molar-refractivity contribution in [2.75, 3.05) is 7.11 Å². The molecule has 8 heteroatoms. The van der Waals surface area contributed by atoms with E-state index in [2.05, 4.69) is 9.97 Å². The maximum atomic E-state index is 11.9. The Bertz CT molecular complexity index is 685. The molecule has 1 heterocycles. The van der Waals surface area contributed by atoms with E-state index in [-0.39, 0.29) is 22.9 Å². The van der Waals surface area contributed by atoms with Gasteiger partial charge in [0, 0.05) is 6.20 Å². The second-order valence-electron chi connectivity index (χ2n) is 4.02. The Morgan fingerprint density at radius 3 is 2.62 bits per heavy atom. The topological polar surface area (TPSA) is 104 Å². The Balaban J connectivity index is 2.28. The van der Waals surface area contributed by atoms with Crippen molar-refractivity contribution in [2.45, 2.75) is 6.92 Å². The molecule has 0 aliphatic carbocycles. The molecule has 1 aromatic heterocycles. The fraction of sp³-hybridized carbons (Fsp3) is 0.154. The third-order valence-corrected chi connectivity index (χ3v) is 2.56. The van der Waals surface area contributed by atoms with Gasteiger partial charge < -0.3 is 9.47 Å². The normalized spacial score (nSPS) is 10.0. The van der Waals surface area contributed by atoms with Crippen molar-refractivity contribution in [1.29, 1.82) is 0 Å². The van der Waals surface area contributed by atoms with Crippen LogP contribution in [0.1, 0.15) is 16.2 Å². The summed E-state index contributed by atoms with van der Waals surface area (Å²) in [6.45, 7) is 1.72. The fourth-order valence-corrected chi connectivity index (χ4v) is 1.50. The minimum atomic E-state index is -0.823. The van der Waals surface area contributed by atoms with Gasteiger partial charge in [-0.05, 0) is 19.1 Å². The van der Waals surface area contributed by atoms with Crippen LogP contribution in [0.3, 0.4) is 0 Å². The predicted molar refractivity (Wildman–Crippen MR) is 71.4 cm³/mol. The van der Waals surface area contributed by atoms with Crippen molar-refractivity contribution in [1.82, 2.24) is 9.97 Å². The molecule has 0 aliphatic heterocycles. The highest BCUT2D eigenvalue weighted by Gasteiger charge is 2.20. The number of nitro groups is 1. The number of hydrogen-bond acceptors (Lipinski definition) is 7. The molecule has 0 fully saturated rings. The van der Waals surface area contributed by atoms with Crippen LogP contribution in [0.2, 0.25) is 0 Å². The van der Waals surface area contributed by atoms with Crippen molar-refractivity contribution < 1.29 is 19.2 Å². The molecule has 21 heavy (non-hydrogen) atoms. The maximum Gasteiger partial charge on any atom is 0.364 e. The van der Waals surface area contributed by atoms with Crippen LogP contribution in [0.5, 0.6) is 11.5 Å². The van der Waals surface area contributed by atoms with E-state index >= 15 is 0 Å². The van der Waals surface area contributed by atoms with Gasteiger partial charge in [0.15, 0.2) is 5.69 Å². The van der Waals surface area contributed by atoms with Gasteiger partial charge in [0.05, 0.1) is 30.0 Å². The van der Waals surface area contributed by atoms with Gasteiger partial charge in [0.25, 0.3) is 0 Å². The second kappa shape index (κ2) is 5.95. The number of hydrogen-bond donors (Lipinski definition) is 0. The van der Waals surface area contributed by atoms with Crippen molar-refractivity contribution in [2.24, 2.45) is 0 Å². The number of aryl methyl sites for hydroxylation is 1. The fourth-order valence-electron chi connectivity index (χ4n) is 1.50. The first-order valence-electron chi connectivity index (χ1n) is 5.84. The average molecular weight is 289 g/mol. The van der Waals surface area contributed by atoms with Gasteiger partial charge in [0.2, 0.25) is 5.75 Å². The van der Waals surface area contributed by atoms with Crippen LogP contribution in [-0.2, 0) is 0 Å². The third-order valence-electron chi connectivity index (χ3n) is 2.56. The lowest BCUT2D eigenvalue weighted by Crippen LogP contribution is -2.12. The second-order valence-corrected chi connectivity index (χ2v) is 4.02. The summed E-state index contributed by atoms with van der Waals surface area (Å²) in [6.07, 6.45) is 2.64. The molecule has 1 aromatic carbocycles. The van der Waals surface area contributed by atoms with Crippen LogP contribution in [0, 0.1) is 17.0 Å². The first-order valence-corrected chi connectivity index (χ1v) is 5.84. The quantitative estimate of drug-likeness (QED) is 0.366. The number of methoxy groups -OCH3 is 1. The monoisotopic (exact) mass is 289 g/mol. The van der Waals surface area contributed by atoms with Crippen molar-refractivity contribution in [3.8, 4) is 11.5 Å². The molecule has 2 aromatic rings. The number of carbonyl (C=O) groups excluding carboxylic acids is 1. The molecule has 8 nitrogen and oxygen atoms in total. The van der Waals surface area contributed by atoms with Crippen LogP contribution in [0.25, 0.3) is 0 Å². The molecule has 2 rings (SSSR count). The molecule has 0 radical (unpaired) electrons. The van der Waals surface area contributed by atoms with Gasteiger partial charge in [-0.3, -0.25) is 15.1 Å². The van der Waals surface area contributed by atoms with Crippen LogP contribution >= 0.6 is 0 Å². The number of nitro benzene ring substituents is 1. The number of ether oxygens (including phenoxy) is 2. The minimum Gasteiger partial charge on any atom is -0.496 e. The first kappa shape index (κ1) is 14.4. The number of aromatic nitrogens is 2. The van der Waals surface area contributed by atoms with E-state index in [9.17, 15) is 14.9 Å². The summed E-state index contributed by atoms with van der Waals surface area (Å²) >= 11 is 0. The lowest BCUT2D eigenvalue weighted by Gasteiger charge is -2.06. The van der Waals surface area contributed by atoms with Crippen LogP contribution in [-0.4, -0.2) is 28.0 Å². The van der Waals surface area contributed by atoms with Gasteiger partial charge >= 0.3 is 11.7 Å². The summed E-state index contributed by atoms with van der Waals surface area (Å²) in [7, 11) is 1.38. The molecule has 0 unspecified atom stereocenters. The lowest BCUT2D eigenvalue weighted by atomic mass is 10.3. The van der Waals surface area contributed by atoms with E-state index in [0.29, 0.717) is 5.69 Å². The average Bonchev–Trinajstić information content (AvgIpc) is 2.48. The molecule has 0 atom stereocenters. The van der Waals surface area contributed by atoms with Crippen LogP contribution in [0.4, 0.5) is 5.69 Å². The smallest absolute Gasteiger partial charge is 0.364 e. The van der Waals surface area contributed by atoms with Gasteiger partial charge in [-0.2, -0.15) is 0 Å². The number of benzene rings is 1. The molecular weight excluding hydrogens is 278 g/mol. The zero-order chi connectivity index (χ0) is 15.4. The predicted octanol–water partition coefficient (Wildman–Crippen LogP) is 1.92. The minimum absolute atomic E-state index is 0.0364. The van der Waals surface area contributed by atoms with E-state index in [0.717, 1.165) is 0 Å². The van der Waals surface area contributed by atoms with E-state index in [1.165, 1.54) is 37.7 Å². The van der Waals surface area contributed by atoms with Crippen LogP contribution < -0.4 is 9.47 Å². The lowest BCUT2D eigenvalue weighted by molar-refractivity contribution is -0.385. The highest BCUT2D eigenvalue weighted by molar-refractivity contribution is 5.89. The summed E-state index contributed by atoms with van der Waals surface area (Å²) < 4.78 is 9.89. The Morgan fingerprint density at radius 2 is 2.05 bits per heavy atom. The molecular formula is C13H11N3O5. The standard InChI is InChI=1S/C13H11N3O5/c1-8-6-15-10(7-14-8)13(17)21-12-4-3-9(20-2)5-11(12)16(18)19/h3-7H,1-2H3. The Morgan fingerprint density at radius 1 is 1.29 bits per heavy atom. The molecule has 108 valence electrons.